The van der Waals surface area contributed by atoms with Crippen LogP contribution in [0.25, 0.3) is 0 Å². The van der Waals surface area contributed by atoms with Gasteiger partial charge in [-0.2, -0.15) is 0 Å². The van der Waals surface area contributed by atoms with Gasteiger partial charge in [-0.25, -0.2) is 18.4 Å². The SMILES string of the molecule is CCCCN1C(=O)C(CCc2ccccc2)N(CCc2ccc(S(N)(=O)=O)cc2)C1=O. The van der Waals surface area contributed by atoms with Gasteiger partial charge in [0.25, 0.3) is 5.91 Å². The summed E-state index contributed by atoms with van der Waals surface area (Å²) >= 11 is 0. The highest BCUT2D eigenvalue weighted by Gasteiger charge is 2.43. The number of carbonyl (C=O) groups excluding carboxylic acids is 2. The van der Waals surface area contributed by atoms with Crippen molar-refractivity contribution in [3.63, 3.8) is 0 Å². The minimum absolute atomic E-state index is 0.0511. The molecule has 1 atom stereocenters. The summed E-state index contributed by atoms with van der Waals surface area (Å²) in [6.07, 6.45) is 3.49. The second-order valence-electron chi connectivity index (χ2n) is 7.80. The smallest absolute Gasteiger partial charge is 0.312 e. The van der Waals surface area contributed by atoms with E-state index in [1.807, 2.05) is 37.3 Å². The van der Waals surface area contributed by atoms with E-state index in [1.54, 1.807) is 17.0 Å². The maximum Gasteiger partial charge on any atom is 0.327 e. The number of amides is 3. The fraction of sp³-hybridized carbons (Fsp3) is 0.391. The Kier molecular flexibility index (Phi) is 7.46. The standard InChI is InChI=1S/C23H29N3O4S/c1-2-3-16-26-22(27)21(14-11-18-7-5-4-6-8-18)25(23(26)28)17-15-19-9-12-20(13-10-19)31(24,29)30/h4-10,12-13,21H,2-3,11,14-17H2,1H3,(H2,24,29,30). The van der Waals surface area contributed by atoms with Gasteiger partial charge in [-0.3, -0.25) is 9.69 Å². The molecule has 1 heterocycles. The van der Waals surface area contributed by atoms with Gasteiger partial charge in [-0.15, -0.1) is 0 Å². The first-order valence-corrected chi connectivity index (χ1v) is 12.1. The lowest BCUT2D eigenvalue weighted by Crippen LogP contribution is -2.37. The lowest BCUT2D eigenvalue weighted by atomic mass is 10.0. The molecule has 3 rings (SSSR count). The van der Waals surface area contributed by atoms with Gasteiger partial charge in [0.1, 0.15) is 6.04 Å². The predicted molar refractivity (Wildman–Crippen MR) is 119 cm³/mol. The van der Waals surface area contributed by atoms with Gasteiger partial charge in [-0.05, 0) is 48.9 Å². The Bertz CT molecular complexity index is 1010. The highest BCUT2D eigenvalue weighted by atomic mass is 32.2. The molecular formula is C23H29N3O4S. The highest BCUT2D eigenvalue weighted by molar-refractivity contribution is 7.89. The van der Waals surface area contributed by atoms with Crippen LogP contribution in [0.15, 0.2) is 59.5 Å². The molecule has 31 heavy (non-hydrogen) atoms. The van der Waals surface area contributed by atoms with Gasteiger partial charge in [0, 0.05) is 13.1 Å². The fourth-order valence-corrected chi connectivity index (χ4v) is 4.31. The Morgan fingerprint density at radius 2 is 1.55 bits per heavy atom. The zero-order chi connectivity index (χ0) is 22.4. The Balaban J connectivity index is 1.71. The molecule has 7 nitrogen and oxygen atoms in total. The second kappa shape index (κ2) is 10.1. The molecule has 8 heteroatoms. The number of rotatable bonds is 10. The van der Waals surface area contributed by atoms with E-state index in [1.165, 1.54) is 17.0 Å². The first-order chi connectivity index (χ1) is 14.8. The molecule has 0 aromatic heterocycles. The first kappa shape index (κ1) is 23.0. The van der Waals surface area contributed by atoms with Crippen LogP contribution in [0.2, 0.25) is 0 Å². The summed E-state index contributed by atoms with van der Waals surface area (Å²) in [5.41, 5.74) is 2.01. The van der Waals surface area contributed by atoms with Crippen molar-refractivity contribution in [2.75, 3.05) is 13.1 Å². The van der Waals surface area contributed by atoms with Crippen LogP contribution in [-0.4, -0.2) is 49.3 Å². The number of hydrogen-bond donors (Lipinski definition) is 1. The van der Waals surface area contributed by atoms with Crippen molar-refractivity contribution in [2.24, 2.45) is 5.14 Å². The number of carbonyl (C=O) groups is 2. The molecule has 2 aromatic carbocycles. The number of primary sulfonamides is 1. The molecule has 1 fully saturated rings. The van der Waals surface area contributed by atoms with Gasteiger partial charge < -0.3 is 4.90 Å². The Morgan fingerprint density at radius 1 is 0.903 bits per heavy atom. The van der Waals surface area contributed by atoms with Crippen molar-refractivity contribution >= 4 is 22.0 Å². The van der Waals surface area contributed by atoms with E-state index in [-0.39, 0.29) is 16.8 Å². The van der Waals surface area contributed by atoms with Crippen molar-refractivity contribution in [2.45, 2.75) is 50.0 Å². The minimum Gasteiger partial charge on any atom is -0.312 e. The van der Waals surface area contributed by atoms with Crippen LogP contribution in [0.5, 0.6) is 0 Å². The number of hydrogen-bond acceptors (Lipinski definition) is 4. The molecule has 0 saturated carbocycles. The first-order valence-electron chi connectivity index (χ1n) is 10.6. The van der Waals surface area contributed by atoms with E-state index in [4.69, 9.17) is 5.14 Å². The van der Waals surface area contributed by atoms with Crippen molar-refractivity contribution in [3.05, 3.63) is 65.7 Å². The molecule has 2 aromatic rings. The predicted octanol–water partition coefficient (Wildman–Crippen LogP) is 2.94. The number of benzene rings is 2. The van der Waals surface area contributed by atoms with Gasteiger partial charge >= 0.3 is 6.03 Å². The average Bonchev–Trinajstić information content (AvgIpc) is 2.98. The molecule has 1 saturated heterocycles. The molecule has 1 unspecified atom stereocenters. The summed E-state index contributed by atoms with van der Waals surface area (Å²) < 4.78 is 22.9. The van der Waals surface area contributed by atoms with Crippen molar-refractivity contribution in [1.82, 2.24) is 9.80 Å². The number of imide groups is 1. The molecule has 3 amide bonds. The minimum atomic E-state index is -3.74. The zero-order valence-electron chi connectivity index (χ0n) is 17.7. The molecule has 0 spiro atoms. The number of sulfonamides is 1. The summed E-state index contributed by atoms with van der Waals surface area (Å²) in [6, 6.07) is 15.5. The van der Waals surface area contributed by atoms with Crippen LogP contribution in [0.3, 0.4) is 0 Å². The van der Waals surface area contributed by atoms with Crippen molar-refractivity contribution in [3.8, 4) is 0 Å². The summed E-state index contributed by atoms with van der Waals surface area (Å²) in [5, 5.41) is 5.14. The van der Waals surface area contributed by atoms with Crippen LogP contribution in [0.4, 0.5) is 4.79 Å². The lowest BCUT2D eigenvalue weighted by Gasteiger charge is -2.22. The van der Waals surface area contributed by atoms with E-state index in [0.29, 0.717) is 32.4 Å². The quantitative estimate of drug-likeness (QED) is 0.571. The Morgan fingerprint density at radius 3 is 2.16 bits per heavy atom. The van der Waals surface area contributed by atoms with Gasteiger partial charge in [0.05, 0.1) is 4.90 Å². The number of urea groups is 1. The van der Waals surface area contributed by atoms with Crippen molar-refractivity contribution < 1.29 is 18.0 Å². The maximum absolute atomic E-state index is 13.0. The largest absolute Gasteiger partial charge is 0.327 e. The molecule has 0 aliphatic carbocycles. The van der Waals surface area contributed by atoms with E-state index >= 15 is 0 Å². The monoisotopic (exact) mass is 443 g/mol. The van der Waals surface area contributed by atoms with Gasteiger partial charge in [0.2, 0.25) is 10.0 Å². The molecule has 1 aliphatic heterocycles. The molecule has 0 bridgehead atoms. The van der Waals surface area contributed by atoms with E-state index < -0.39 is 16.1 Å². The van der Waals surface area contributed by atoms with Crippen LogP contribution in [0.1, 0.15) is 37.3 Å². The van der Waals surface area contributed by atoms with E-state index in [2.05, 4.69) is 0 Å². The van der Waals surface area contributed by atoms with E-state index in [0.717, 1.165) is 24.0 Å². The highest BCUT2D eigenvalue weighted by Crippen LogP contribution is 2.23. The zero-order valence-corrected chi connectivity index (χ0v) is 18.6. The second-order valence-corrected chi connectivity index (χ2v) is 9.36. The summed E-state index contributed by atoms with van der Waals surface area (Å²) in [5.74, 6) is -0.126. The molecular weight excluding hydrogens is 414 g/mol. The van der Waals surface area contributed by atoms with Crippen LogP contribution in [0, 0.1) is 0 Å². The Hall–Kier alpha value is -2.71. The summed E-state index contributed by atoms with van der Waals surface area (Å²) in [6.45, 7) is 2.86. The van der Waals surface area contributed by atoms with Crippen LogP contribution in [-0.2, 0) is 27.7 Å². The Labute approximate surface area is 183 Å². The number of nitrogens with zero attached hydrogens (tertiary/aromatic N) is 2. The topological polar surface area (TPSA) is 101 Å². The van der Waals surface area contributed by atoms with Gasteiger partial charge in [0.15, 0.2) is 0 Å². The number of aryl methyl sites for hydroxylation is 1. The van der Waals surface area contributed by atoms with Crippen molar-refractivity contribution in [1.29, 1.82) is 0 Å². The molecule has 1 aliphatic rings. The third kappa shape index (κ3) is 5.71. The van der Waals surface area contributed by atoms with Crippen LogP contribution >= 0.6 is 0 Å². The van der Waals surface area contributed by atoms with Crippen LogP contribution < -0.4 is 5.14 Å². The number of unbranched alkanes of at least 4 members (excludes halogenated alkanes) is 1. The molecule has 166 valence electrons. The maximum atomic E-state index is 13.0. The molecule has 2 N–H and O–H groups in total. The normalized spacial score (nSPS) is 16.9. The summed E-state index contributed by atoms with van der Waals surface area (Å²) in [4.78, 5) is 29.1. The molecule has 0 radical (unpaired) electrons. The fourth-order valence-electron chi connectivity index (χ4n) is 3.79. The average molecular weight is 444 g/mol. The lowest BCUT2D eigenvalue weighted by molar-refractivity contribution is -0.128. The third-order valence-corrected chi connectivity index (χ3v) is 6.51. The number of nitrogens with two attached hydrogens (primary N) is 1. The van der Waals surface area contributed by atoms with Gasteiger partial charge in [-0.1, -0.05) is 55.8 Å². The summed E-state index contributed by atoms with van der Waals surface area (Å²) in [7, 11) is -3.74. The van der Waals surface area contributed by atoms with E-state index in [9.17, 15) is 18.0 Å². The third-order valence-electron chi connectivity index (χ3n) is 5.58.